The number of hydrogen-bond donors (Lipinski definition) is 0. The molecule has 0 fully saturated rings. The smallest absolute Gasteiger partial charge is 0.169 e. The summed E-state index contributed by atoms with van der Waals surface area (Å²) in [7, 11) is 0. The van der Waals surface area contributed by atoms with Gasteiger partial charge in [-0.3, -0.25) is 8.97 Å². The van der Waals surface area contributed by atoms with Crippen LogP contribution in [-0.2, 0) is 11.8 Å². The van der Waals surface area contributed by atoms with Crippen molar-refractivity contribution in [2.45, 2.75) is 46.5 Å². The summed E-state index contributed by atoms with van der Waals surface area (Å²) >= 11 is 0. The molecule has 4 aromatic carbocycles. The van der Waals surface area contributed by atoms with E-state index < -0.39 is 0 Å². The fourth-order valence-electron chi connectivity index (χ4n) is 7.03. The second kappa shape index (κ2) is 9.75. The molecule has 0 amide bonds. The van der Waals surface area contributed by atoms with E-state index >= 15 is 0 Å². The Morgan fingerprint density at radius 3 is 2.09 bits per heavy atom. The molecule has 5 nitrogen and oxygen atoms in total. The number of benzene rings is 4. The van der Waals surface area contributed by atoms with Gasteiger partial charge < -0.3 is 0 Å². The van der Waals surface area contributed by atoms with Crippen LogP contribution < -0.4 is 0 Å². The molecule has 0 saturated heterocycles. The van der Waals surface area contributed by atoms with Crippen molar-refractivity contribution < 1.29 is 0 Å². The Bertz CT molecular complexity index is 2390. The second-order valence-electron chi connectivity index (χ2n) is 13.0. The SMILES string of the molecule is Cc1nnc2c3cc(C(C)(C)c4ccc5c6ccccc6n(-c6cc(CC(C)C)ccn6)c5c4)ccc3c3ccccc3n12. The van der Waals surface area contributed by atoms with E-state index in [1.54, 1.807) is 0 Å². The van der Waals surface area contributed by atoms with Gasteiger partial charge in [-0.05, 0) is 77.7 Å². The van der Waals surface area contributed by atoms with Crippen LogP contribution in [-0.4, -0.2) is 24.1 Å². The first kappa shape index (κ1) is 26.6. The first-order valence-electron chi connectivity index (χ1n) is 15.5. The largest absolute Gasteiger partial charge is 0.294 e. The van der Waals surface area contributed by atoms with E-state index in [9.17, 15) is 0 Å². The molecule has 0 aliphatic heterocycles. The Labute approximate surface area is 256 Å². The normalized spacial score (nSPS) is 12.5. The quantitative estimate of drug-likeness (QED) is 0.193. The van der Waals surface area contributed by atoms with Crippen LogP contribution in [0, 0.1) is 12.8 Å². The van der Waals surface area contributed by atoms with Crippen LogP contribution in [0.2, 0.25) is 0 Å². The number of nitrogens with zero attached hydrogens (tertiary/aromatic N) is 5. The van der Waals surface area contributed by atoms with E-state index in [1.165, 1.54) is 49.3 Å². The van der Waals surface area contributed by atoms with Gasteiger partial charge in [-0.25, -0.2) is 4.98 Å². The highest BCUT2D eigenvalue weighted by atomic mass is 15.2. The topological polar surface area (TPSA) is 48.0 Å². The molecule has 0 radical (unpaired) electrons. The Balaban J connectivity index is 1.33. The minimum Gasteiger partial charge on any atom is -0.294 e. The van der Waals surface area contributed by atoms with E-state index in [0.717, 1.165) is 34.6 Å². The molecule has 5 heteroatoms. The molecule has 4 aromatic heterocycles. The van der Waals surface area contributed by atoms with Crippen molar-refractivity contribution >= 4 is 49.1 Å². The van der Waals surface area contributed by atoms with E-state index in [0.29, 0.717) is 5.92 Å². The number of fused-ring (bicyclic) bond motifs is 9. The van der Waals surface area contributed by atoms with Gasteiger partial charge in [0, 0.05) is 33.2 Å². The van der Waals surface area contributed by atoms with Crippen LogP contribution in [0.25, 0.3) is 54.9 Å². The lowest BCUT2D eigenvalue weighted by molar-refractivity contribution is 0.642. The molecule has 44 heavy (non-hydrogen) atoms. The maximum atomic E-state index is 4.88. The van der Waals surface area contributed by atoms with Crippen molar-refractivity contribution in [3.63, 3.8) is 0 Å². The Hall–Kier alpha value is -5.03. The Morgan fingerprint density at radius 2 is 1.32 bits per heavy atom. The maximum absolute atomic E-state index is 4.88. The van der Waals surface area contributed by atoms with E-state index in [4.69, 9.17) is 4.98 Å². The third-order valence-corrected chi connectivity index (χ3v) is 9.32. The van der Waals surface area contributed by atoms with Crippen molar-refractivity contribution in [1.82, 2.24) is 24.1 Å². The third kappa shape index (κ3) is 3.96. The van der Waals surface area contributed by atoms with E-state index in [1.807, 2.05) is 13.1 Å². The van der Waals surface area contributed by atoms with Gasteiger partial charge in [0.05, 0.1) is 16.6 Å². The molecule has 0 atom stereocenters. The van der Waals surface area contributed by atoms with Crippen LogP contribution in [0.15, 0.2) is 103 Å². The molecular formula is C39H35N5. The lowest BCUT2D eigenvalue weighted by Crippen LogP contribution is -2.19. The van der Waals surface area contributed by atoms with Crippen molar-refractivity contribution in [2.75, 3.05) is 0 Å². The Kier molecular flexibility index (Phi) is 5.89. The Morgan fingerprint density at radius 1 is 0.659 bits per heavy atom. The number of aromatic nitrogens is 5. The zero-order valence-corrected chi connectivity index (χ0v) is 25.8. The number of para-hydroxylation sites is 2. The predicted molar refractivity (Wildman–Crippen MR) is 182 cm³/mol. The summed E-state index contributed by atoms with van der Waals surface area (Å²) in [5.74, 6) is 2.44. The monoisotopic (exact) mass is 573 g/mol. The average molecular weight is 574 g/mol. The summed E-state index contributed by atoms with van der Waals surface area (Å²) in [5.41, 5.74) is 7.91. The first-order chi connectivity index (χ1) is 21.3. The molecule has 216 valence electrons. The molecule has 0 aliphatic rings. The number of hydrogen-bond acceptors (Lipinski definition) is 3. The molecule has 4 heterocycles. The van der Waals surface area contributed by atoms with Crippen LogP contribution >= 0.6 is 0 Å². The number of rotatable bonds is 5. The van der Waals surface area contributed by atoms with Gasteiger partial charge >= 0.3 is 0 Å². The van der Waals surface area contributed by atoms with Gasteiger partial charge in [0.15, 0.2) is 5.65 Å². The molecule has 8 rings (SSSR count). The fourth-order valence-corrected chi connectivity index (χ4v) is 7.03. The summed E-state index contributed by atoms with van der Waals surface area (Å²) in [4.78, 5) is 4.88. The number of pyridine rings is 2. The van der Waals surface area contributed by atoms with Crippen LogP contribution in [0.1, 0.15) is 50.2 Å². The van der Waals surface area contributed by atoms with Gasteiger partial charge in [-0.2, -0.15) is 0 Å². The molecular weight excluding hydrogens is 538 g/mol. The highest BCUT2D eigenvalue weighted by Crippen LogP contribution is 2.39. The van der Waals surface area contributed by atoms with E-state index in [-0.39, 0.29) is 5.41 Å². The van der Waals surface area contributed by atoms with Crippen LogP contribution in [0.4, 0.5) is 0 Å². The second-order valence-corrected chi connectivity index (χ2v) is 13.0. The van der Waals surface area contributed by atoms with Gasteiger partial charge in [-0.1, -0.05) is 88.4 Å². The molecule has 8 aromatic rings. The molecule has 0 saturated carbocycles. The van der Waals surface area contributed by atoms with Crippen LogP contribution in [0.5, 0.6) is 0 Å². The van der Waals surface area contributed by atoms with Gasteiger partial charge in [0.1, 0.15) is 11.6 Å². The molecule has 0 spiro atoms. The molecule has 0 N–H and O–H groups in total. The summed E-state index contributed by atoms with van der Waals surface area (Å²) in [5, 5.41) is 15.1. The van der Waals surface area contributed by atoms with Gasteiger partial charge in [0.25, 0.3) is 0 Å². The zero-order chi connectivity index (χ0) is 30.2. The van der Waals surface area contributed by atoms with Crippen molar-refractivity contribution in [2.24, 2.45) is 5.92 Å². The summed E-state index contributed by atoms with van der Waals surface area (Å²) in [6.45, 7) is 11.2. The van der Waals surface area contributed by atoms with Crippen molar-refractivity contribution in [1.29, 1.82) is 0 Å². The highest BCUT2D eigenvalue weighted by Gasteiger charge is 2.26. The highest BCUT2D eigenvalue weighted by molar-refractivity contribution is 6.12. The maximum Gasteiger partial charge on any atom is 0.169 e. The van der Waals surface area contributed by atoms with Gasteiger partial charge in [-0.15, -0.1) is 10.2 Å². The van der Waals surface area contributed by atoms with Gasteiger partial charge in [0.2, 0.25) is 0 Å². The molecule has 0 unspecified atom stereocenters. The van der Waals surface area contributed by atoms with E-state index in [2.05, 4.69) is 144 Å². The minimum absolute atomic E-state index is 0.270. The molecule has 0 aliphatic carbocycles. The van der Waals surface area contributed by atoms with Crippen LogP contribution in [0.3, 0.4) is 0 Å². The fraction of sp³-hybridized carbons (Fsp3) is 0.205. The minimum atomic E-state index is -0.270. The summed E-state index contributed by atoms with van der Waals surface area (Å²) in [6.07, 6.45) is 2.98. The third-order valence-electron chi connectivity index (χ3n) is 9.32. The lowest BCUT2D eigenvalue weighted by Gasteiger charge is -2.27. The average Bonchev–Trinajstić information content (AvgIpc) is 3.58. The molecule has 0 bridgehead atoms. The van der Waals surface area contributed by atoms with Crippen molar-refractivity contribution in [3.8, 4) is 5.82 Å². The summed E-state index contributed by atoms with van der Waals surface area (Å²) < 4.78 is 4.52. The standard InChI is InChI=1S/C39H35N5/c1-24(2)20-26-18-19-40-37(21-26)44-35-13-9-7-11-31(35)32-17-15-28(23-36(32)44)39(4,5)27-14-16-29-30-10-6-8-12-34(30)43-25(3)41-42-38(43)33(29)22-27/h6-19,21-24H,20H2,1-5H3. The summed E-state index contributed by atoms with van der Waals surface area (Å²) in [6, 6.07) is 35.4. The predicted octanol–water partition coefficient (Wildman–Crippen LogP) is 9.36. The number of aryl methyl sites for hydroxylation is 1. The first-order valence-corrected chi connectivity index (χ1v) is 15.5. The lowest BCUT2D eigenvalue weighted by atomic mass is 9.77. The zero-order valence-electron chi connectivity index (χ0n) is 25.8. The van der Waals surface area contributed by atoms with Crippen molar-refractivity contribution in [3.05, 3.63) is 126 Å².